The van der Waals surface area contributed by atoms with Gasteiger partial charge in [-0.2, -0.15) is 0 Å². The van der Waals surface area contributed by atoms with Crippen LogP contribution in [0.25, 0.3) is 0 Å². The van der Waals surface area contributed by atoms with Gasteiger partial charge in [0.2, 0.25) is 0 Å². The molecule has 6 heteroatoms. The van der Waals surface area contributed by atoms with Crippen molar-refractivity contribution < 1.29 is 18.3 Å². The Bertz CT molecular complexity index is 582. The molecule has 1 amide bonds. The predicted molar refractivity (Wildman–Crippen MR) is 67.3 cm³/mol. The maximum Gasteiger partial charge on any atom is 0.291 e. The molecule has 0 spiro atoms. The van der Waals surface area contributed by atoms with E-state index in [0.717, 1.165) is 0 Å². The Morgan fingerprint density at radius 3 is 2.78 bits per heavy atom. The highest BCUT2D eigenvalue weighted by Crippen LogP contribution is 2.22. The molecule has 2 rings (SSSR count). The van der Waals surface area contributed by atoms with E-state index in [9.17, 15) is 9.18 Å². The van der Waals surface area contributed by atoms with E-state index in [1.807, 2.05) is 0 Å². The van der Waals surface area contributed by atoms with E-state index in [2.05, 4.69) is 21.2 Å². The number of amides is 1. The van der Waals surface area contributed by atoms with Gasteiger partial charge < -0.3 is 14.5 Å². The number of nitrogens with one attached hydrogen (secondary N) is 1. The number of hydrogen-bond acceptors (Lipinski definition) is 3. The minimum Gasteiger partial charge on any atom is -0.494 e. The number of halogens is 2. The first-order chi connectivity index (χ1) is 8.60. The lowest BCUT2D eigenvalue weighted by atomic mass is 10.3. The number of benzene rings is 1. The zero-order valence-corrected chi connectivity index (χ0v) is 11.0. The minimum atomic E-state index is -0.490. The monoisotopic (exact) mass is 313 g/mol. The predicted octanol–water partition coefficient (Wildman–Crippen LogP) is 3.44. The summed E-state index contributed by atoms with van der Waals surface area (Å²) < 4.78 is 23.6. The van der Waals surface area contributed by atoms with Crippen LogP contribution in [0.3, 0.4) is 0 Å². The van der Waals surface area contributed by atoms with E-state index in [4.69, 9.17) is 9.15 Å². The van der Waals surface area contributed by atoms with Crippen molar-refractivity contribution in [3.63, 3.8) is 0 Å². The summed E-state index contributed by atoms with van der Waals surface area (Å²) in [7, 11) is 1.35. The Morgan fingerprint density at radius 1 is 1.39 bits per heavy atom. The second kappa shape index (κ2) is 5.22. The molecule has 0 radical (unpaired) electrons. The number of carbonyl (C=O) groups is 1. The van der Waals surface area contributed by atoms with Crippen molar-refractivity contribution in [3.8, 4) is 5.75 Å². The summed E-state index contributed by atoms with van der Waals surface area (Å²) in [5.41, 5.74) is 0.422. The van der Waals surface area contributed by atoms with Gasteiger partial charge in [-0.1, -0.05) is 0 Å². The number of carbonyl (C=O) groups excluding carboxylic acids is 1. The van der Waals surface area contributed by atoms with E-state index in [-0.39, 0.29) is 11.5 Å². The molecule has 1 aromatic carbocycles. The van der Waals surface area contributed by atoms with Gasteiger partial charge in [-0.15, -0.1) is 0 Å². The Balaban J connectivity index is 2.16. The fourth-order valence-corrected chi connectivity index (χ4v) is 1.67. The van der Waals surface area contributed by atoms with E-state index in [1.165, 1.54) is 31.4 Å². The number of methoxy groups -OCH3 is 1. The maximum absolute atomic E-state index is 13.2. The van der Waals surface area contributed by atoms with Gasteiger partial charge in [-0.05, 0) is 40.2 Å². The summed E-state index contributed by atoms with van der Waals surface area (Å²) in [4.78, 5) is 11.8. The molecule has 94 valence electrons. The van der Waals surface area contributed by atoms with E-state index in [0.29, 0.717) is 10.4 Å². The van der Waals surface area contributed by atoms with Crippen LogP contribution in [-0.4, -0.2) is 13.0 Å². The van der Waals surface area contributed by atoms with Gasteiger partial charge in [0, 0.05) is 11.8 Å². The first kappa shape index (κ1) is 12.6. The second-order valence-corrected chi connectivity index (χ2v) is 4.19. The molecule has 2 aromatic rings. The number of ether oxygens (including phenoxy) is 1. The lowest BCUT2D eigenvalue weighted by Crippen LogP contribution is -2.10. The molecule has 0 fully saturated rings. The molecular weight excluding hydrogens is 305 g/mol. The van der Waals surface area contributed by atoms with Gasteiger partial charge in [0.05, 0.1) is 7.11 Å². The van der Waals surface area contributed by atoms with Crippen molar-refractivity contribution in [2.24, 2.45) is 0 Å². The number of furan rings is 1. The maximum atomic E-state index is 13.2. The van der Waals surface area contributed by atoms with Crippen molar-refractivity contribution in [2.75, 3.05) is 12.4 Å². The summed E-state index contributed by atoms with van der Waals surface area (Å²) in [6.07, 6.45) is 0. The smallest absolute Gasteiger partial charge is 0.291 e. The molecule has 0 unspecified atom stereocenters. The molecule has 0 aliphatic rings. The zero-order valence-electron chi connectivity index (χ0n) is 9.37. The van der Waals surface area contributed by atoms with Gasteiger partial charge >= 0.3 is 0 Å². The topological polar surface area (TPSA) is 51.5 Å². The van der Waals surface area contributed by atoms with Crippen molar-refractivity contribution in [3.05, 3.63) is 46.6 Å². The van der Waals surface area contributed by atoms with E-state index < -0.39 is 11.7 Å². The molecule has 0 bridgehead atoms. The molecule has 4 nitrogen and oxygen atoms in total. The van der Waals surface area contributed by atoms with E-state index in [1.54, 1.807) is 6.07 Å². The van der Waals surface area contributed by atoms with Gasteiger partial charge in [-0.3, -0.25) is 4.79 Å². The highest BCUT2D eigenvalue weighted by Gasteiger charge is 2.12. The lowest BCUT2D eigenvalue weighted by molar-refractivity contribution is 0.0995. The number of rotatable bonds is 3. The minimum absolute atomic E-state index is 0.0634. The molecule has 18 heavy (non-hydrogen) atoms. The first-order valence-corrected chi connectivity index (χ1v) is 5.79. The molecule has 1 heterocycles. The van der Waals surface area contributed by atoms with Crippen molar-refractivity contribution in [2.45, 2.75) is 0 Å². The lowest BCUT2D eigenvalue weighted by Gasteiger charge is -2.06. The van der Waals surface area contributed by atoms with Crippen molar-refractivity contribution in [1.82, 2.24) is 0 Å². The van der Waals surface area contributed by atoms with Crippen LogP contribution in [-0.2, 0) is 0 Å². The van der Waals surface area contributed by atoms with Crippen LogP contribution in [0.4, 0.5) is 10.1 Å². The fraction of sp³-hybridized carbons (Fsp3) is 0.0833. The van der Waals surface area contributed by atoms with Gasteiger partial charge in [-0.25, -0.2) is 4.39 Å². The fourth-order valence-electron chi connectivity index (χ4n) is 1.37. The third-order valence-corrected chi connectivity index (χ3v) is 2.63. The second-order valence-electron chi connectivity index (χ2n) is 3.41. The van der Waals surface area contributed by atoms with Crippen LogP contribution in [0.1, 0.15) is 10.6 Å². The van der Waals surface area contributed by atoms with Crippen LogP contribution >= 0.6 is 15.9 Å². The van der Waals surface area contributed by atoms with Crippen molar-refractivity contribution >= 4 is 27.5 Å². The van der Waals surface area contributed by atoms with Crippen LogP contribution in [0, 0.1) is 5.82 Å². The van der Waals surface area contributed by atoms with Crippen LogP contribution in [0.2, 0.25) is 0 Å². The quantitative estimate of drug-likeness (QED) is 0.944. The molecule has 0 saturated carbocycles. The Kier molecular flexibility index (Phi) is 3.66. The number of anilines is 1. The summed E-state index contributed by atoms with van der Waals surface area (Å²) in [5.74, 6) is -0.691. The summed E-state index contributed by atoms with van der Waals surface area (Å²) in [6.45, 7) is 0. The largest absolute Gasteiger partial charge is 0.494 e. The molecule has 0 saturated heterocycles. The molecule has 1 N–H and O–H groups in total. The SMILES string of the molecule is COc1cc(NC(=O)c2ccc(Br)o2)ccc1F. The number of hydrogen-bond donors (Lipinski definition) is 1. The summed E-state index contributed by atoms with van der Waals surface area (Å²) >= 11 is 3.10. The molecule has 0 atom stereocenters. The molecular formula is C12H9BrFNO3. The third kappa shape index (κ3) is 2.70. The third-order valence-electron chi connectivity index (χ3n) is 2.21. The molecule has 1 aromatic heterocycles. The van der Waals surface area contributed by atoms with Gasteiger partial charge in [0.25, 0.3) is 5.91 Å². The Hall–Kier alpha value is -1.82. The highest BCUT2D eigenvalue weighted by atomic mass is 79.9. The van der Waals surface area contributed by atoms with Crippen LogP contribution < -0.4 is 10.1 Å². The average Bonchev–Trinajstić information content (AvgIpc) is 2.78. The van der Waals surface area contributed by atoms with Gasteiger partial charge in [0.1, 0.15) is 0 Å². The van der Waals surface area contributed by atoms with Crippen LogP contribution in [0.5, 0.6) is 5.75 Å². The zero-order chi connectivity index (χ0) is 13.1. The standard InChI is InChI=1S/C12H9BrFNO3/c1-17-10-6-7(2-3-8(10)14)15-12(16)9-4-5-11(13)18-9/h2-6H,1H3,(H,15,16). The normalized spacial score (nSPS) is 10.2. The Morgan fingerprint density at radius 2 is 2.17 bits per heavy atom. The Labute approximate surface area is 111 Å². The highest BCUT2D eigenvalue weighted by molar-refractivity contribution is 9.10. The van der Waals surface area contributed by atoms with E-state index >= 15 is 0 Å². The average molecular weight is 314 g/mol. The summed E-state index contributed by atoms with van der Waals surface area (Å²) in [6, 6.07) is 7.19. The van der Waals surface area contributed by atoms with Crippen LogP contribution in [0.15, 0.2) is 39.4 Å². The molecule has 0 aliphatic carbocycles. The van der Waals surface area contributed by atoms with Gasteiger partial charge in [0.15, 0.2) is 22.0 Å². The summed E-state index contributed by atoms with van der Waals surface area (Å²) in [5, 5.41) is 2.57. The van der Waals surface area contributed by atoms with Crippen molar-refractivity contribution in [1.29, 1.82) is 0 Å². The molecule has 0 aliphatic heterocycles. The first-order valence-electron chi connectivity index (χ1n) is 5.00.